The van der Waals surface area contributed by atoms with Crippen molar-refractivity contribution in [1.29, 1.82) is 0 Å². The monoisotopic (exact) mass is 214 g/mol. The third kappa shape index (κ3) is 6.54. The highest BCUT2D eigenvalue weighted by molar-refractivity contribution is 5.77. The van der Waals surface area contributed by atoms with Crippen LogP contribution in [0.25, 0.3) is 0 Å². The summed E-state index contributed by atoms with van der Waals surface area (Å²) < 4.78 is 4.86. The summed E-state index contributed by atoms with van der Waals surface area (Å²) in [5, 5.41) is 19.9. The molecule has 0 fully saturated rings. The molecule has 1 unspecified atom stereocenters. The van der Waals surface area contributed by atoms with Crippen molar-refractivity contribution >= 4 is 12.1 Å². The molecule has 0 bridgehead atoms. The van der Waals surface area contributed by atoms with Gasteiger partial charge < -0.3 is 14.9 Å². The Morgan fingerprint density at radius 3 is 2.53 bits per heavy atom. The molecule has 1 atom stereocenters. The zero-order valence-electron chi connectivity index (χ0n) is 9.19. The molecule has 0 aliphatic carbocycles. The van der Waals surface area contributed by atoms with Crippen LogP contribution in [-0.2, 0) is 9.53 Å². The van der Waals surface area contributed by atoms with Gasteiger partial charge in [-0.3, -0.25) is 4.99 Å². The van der Waals surface area contributed by atoms with Crippen LogP contribution in [0.1, 0.15) is 27.2 Å². The van der Waals surface area contributed by atoms with Gasteiger partial charge in [-0.15, -0.1) is 6.58 Å². The maximum Gasteiger partial charge on any atom is 0.328 e. The van der Waals surface area contributed by atoms with E-state index in [0.29, 0.717) is 0 Å². The first kappa shape index (κ1) is 13.5. The molecule has 0 rings (SSSR count). The number of aliphatic imine (C=N–C) groups is 1. The van der Waals surface area contributed by atoms with Crippen LogP contribution in [0.15, 0.2) is 17.6 Å². The summed E-state index contributed by atoms with van der Waals surface area (Å²) in [5.74, 6) is -1.17. The Hall–Kier alpha value is -1.52. The Labute approximate surface area is 89.1 Å². The third-order valence-corrected chi connectivity index (χ3v) is 1.33. The molecule has 0 heterocycles. The average Bonchev–Trinajstić information content (AvgIpc) is 1.99. The van der Waals surface area contributed by atoms with Crippen molar-refractivity contribution in [2.24, 2.45) is 4.99 Å². The van der Waals surface area contributed by atoms with E-state index in [0.717, 1.165) is 0 Å². The van der Waals surface area contributed by atoms with Crippen molar-refractivity contribution in [3.8, 4) is 0 Å². The molecule has 0 aliphatic heterocycles. The highest BCUT2D eigenvalue weighted by atomic mass is 16.6. The lowest BCUT2D eigenvalue weighted by Gasteiger charge is -2.29. The summed E-state index contributed by atoms with van der Waals surface area (Å²) >= 11 is 0. The van der Waals surface area contributed by atoms with Crippen LogP contribution in [-0.4, -0.2) is 28.8 Å². The molecule has 0 saturated heterocycles. The van der Waals surface area contributed by atoms with Gasteiger partial charge in [-0.1, -0.05) is 26.8 Å². The number of hydrogen-bond donors (Lipinski definition) is 1. The number of aliphatic carboxylic acids is 1. The van der Waals surface area contributed by atoms with Crippen molar-refractivity contribution in [1.82, 2.24) is 0 Å². The van der Waals surface area contributed by atoms with Gasteiger partial charge in [0, 0.05) is 5.60 Å². The summed E-state index contributed by atoms with van der Waals surface area (Å²) in [5.41, 5.74) is -0.669. The first-order valence-corrected chi connectivity index (χ1v) is 4.54. The molecule has 0 saturated carbocycles. The van der Waals surface area contributed by atoms with Gasteiger partial charge in [-0.05, 0) is 6.42 Å². The Morgan fingerprint density at radius 2 is 2.20 bits per heavy atom. The summed E-state index contributed by atoms with van der Waals surface area (Å²) in [4.78, 5) is 14.1. The lowest BCUT2D eigenvalue weighted by molar-refractivity contribution is -0.261. The third-order valence-electron chi connectivity index (χ3n) is 1.33. The summed E-state index contributed by atoms with van der Waals surface area (Å²) in [6, 6.07) is -1.11. The van der Waals surface area contributed by atoms with Crippen molar-refractivity contribution in [3.05, 3.63) is 12.7 Å². The fourth-order valence-electron chi connectivity index (χ4n) is 0.782. The molecule has 5 nitrogen and oxygen atoms in total. The number of carboxylic acid groups (broad SMARTS) is 1. The van der Waals surface area contributed by atoms with Gasteiger partial charge in [0.1, 0.15) is 6.08 Å². The second-order valence-corrected chi connectivity index (χ2v) is 3.99. The Balaban J connectivity index is 4.53. The van der Waals surface area contributed by atoms with E-state index in [1.807, 2.05) is 0 Å². The lowest BCUT2D eigenvalue weighted by Crippen LogP contribution is -2.34. The van der Waals surface area contributed by atoms with Gasteiger partial charge in [0.2, 0.25) is 0 Å². The minimum Gasteiger partial charge on any atom is -0.595 e. The number of ether oxygens (including phenoxy) is 1. The molecular weight excluding hydrogens is 198 g/mol. The van der Waals surface area contributed by atoms with Gasteiger partial charge >= 0.3 is 5.97 Å². The first-order chi connectivity index (χ1) is 6.76. The maximum absolute atomic E-state index is 11.2. The summed E-state index contributed by atoms with van der Waals surface area (Å²) in [6.07, 6.45) is 0.637. The second kappa shape index (κ2) is 5.38. The smallest absolute Gasteiger partial charge is 0.328 e. The molecular formula is C10H16NO4-. The average molecular weight is 214 g/mol. The van der Waals surface area contributed by atoms with E-state index < -0.39 is 23.7 Å². The second-order valence-electron chi connectivity index (χ2n) is 3.99. The van der Waals surface area contributed by atoms with Gasteiger partial charge in [-0.25, -0.2) is 4.79 Å². The molecule has 5 heteroatoms. The molecule has 0 spiro atoms. The standard InChI is InChI=1S/C10H17NO4/c1-5-6-7(8(12)13)11-9(14)15-10(2,3)4/h5,7H,1,6H2,2-4H3,(H,11,14)(H,12,13)/p-1. The van der Waals surface area contributed by atoms with Gasteiger partial charge in [0.25, 0.3) is 0 Å². The van der Waals surface area contributed by atoms with Crippen LogP contribution in [0.2, 0.25) is 0 Å². The maximum atomic E-state index is 11.2. The fourth-order valence-corrected chi connectivity index (χ4v) is 0.782. The molecule has 0 aliphatic rings. The number of nitrogens with zero attached hydrogens (tertiary/aromatic N) is 1. The zero-order chi connectivity index (χ0) is 12.1. The van der Waals surface area contributed by atoms with Crippen LogP contribution in [0, 0.1) is 0 Å². The Kier molecular flexibility index (Phi) is 4.84. The van der Waals surface area contributed by atoms with Crippen LogP contribution >= 0.6 is 0 Å². The van der Waals surface area contributed by atoms with Crippen LogP contribution in [0.4, 0.5) is 0 Å². The largest absolute Gasteiger partial charge is 0.595 e. The number of rotatable bonds is 4. The van der Waals surface area contributed by atoms with Crippen molar-refractivity contribution in [2.75, 3.05) is 0 Å². The van der Waals surface area contributed by atoms with Crippen LogP contribution < -0.4 is 5.11 Å². The lowest BCUT2D eigenvalue weighted by atomic mass is 10.2. The van der Waals surface area contributed by atoms with Crippen molar-refractivity contribution in [3.63, 3.8) is 0 Å². The number of carboxylic acids is 1. The molecule has 15 heavy (non-hydrogen) atoms. The predicted octanol–water partition coefficient (Wildman–Crippen LogP) is 0.547. The molecule has 0 aromatic heterocycles. The quantitative estimate of drug-likeness (QED) is 0.421. The summed E-state index contributed by atoms with van der Waals surface area (Å²) in [6.45, 7) is 8.44. The summed E-state index contributed by atoms with van der Waals surface area (Å²) in [7, 11) is 0. The predicted molar refractivity (Wildman–Crippen MR) is 54.5 cm³/mol. The normalized spacial score (nSPS) is 14.5. The minimum absolute atomic E-state index is 0.106. The van der Waals surface area contributed by atoms with Crippen molar-refractivity contribution < 1.29 is 19.7 Å². The van der Waals surface area contributed by atoms with E-state index in [1.165, 1.54) is 6.08 Å². The zero-order valence-corrected chi connectivity index (χ0v) is 9.19. The molecule has 0 aromatic rings. The molecule has 0 aromatic carbocycles. The minimum atomic E-state index is -1.17. The number of carbonyl (C=O) groups is 1. The Bertz CT molecular complexity index is 265. The van der Waals surface area contributed by atoms with E-state index in [-0.39, 0.29) is 6.42 Å². The van der Waals surface area contributed by atoms with E-state index in [1.54, 1.807) is 20.8 Å². The topological polar surface area (TPSA) is 82.0 Å². The van der Waals surface area contributed by atoms with E-state index in [2.05, 4.69) is 11.6 Å². The molecule has 86 valence electrons. The molecule has 0 radical (unpaired) electrons. The van der Waals surface area contributed by atoms with E-state index in [4.69, 9.17) is 9.84 Å². The highest BCUT2D eigenvalue weighted by Crippen LogP contribution is 2.07. The highest BCUT2D eigenvalue weighted by Gasteiger charge is 2.14. The SMILES string of the molecule is C=CCC(N=C([O-])OC(C)(C)C)C(=O)O. The van der Waals surface area contributed by atoms with E-state index >= 15 is 0 Å². The van der Waals surface area contributed by atoms with Crippen molar-refractivity contribution in [2.45, 2.75) is 38.8 Å². The molecule has 1 N–H and O–H groups in total. The van der Waals surface area contributed by atoms with Gasteiger partial charge in [-0.2, -0.15) is 0 Å². The first-order valence-electron chi connectivity index (χ1n) is 4.54. The fraction of sp³-hybridized carbons (Fsp3) is 0.600. The van der Waals surface area contributed by atoms with E-state index in [9.17, 15) is 9.90 Å². The van der Waals surface area contributed by atoms with Gasteiger partial charge in [0.15, 0.2) is 6.04 Å². The van der Waals surface area contributed by atoms with Gasteiger partial charge in [0.05, 0.1) is 0 Å². The van der Waals surface area contributed by atoms with Crippen LogP contribution in [0.3, 0.4) is 0 Å². The molecule has 0 amide bonds. The number of hydrogen-bond acceptors (Lipinski definition) is 4. The van der Waals surface area contributed by atoms with Crippen LogP contribution in [0.5, 0.6) is 0 Å². The Morgan fingerprint density at radius 1 is 1.67 bits per heavy atom.